The molecule has 10 heteroatoms. The minimum Gasteiger partial charge on any atom is -0.361 e. The lowest BCUT2D eigenvalue weighted by molar-refractivity contribution is 0.0729. The van der Waals surface area contributed by atoms with Crippen LogP contribution in [0.5, 0.6) is 0 Å². The molecular formula is C16H14N6O3S. The second-order valence-electron chi connectivity index (χ2n) is 5.73. The summed E-state index contributed by atoms with van der Waals surface area (Å²) in [5, 5.41) is 6.89. The van der Waals surface area contributed by atoms with Gasteiger partial charge < -0.3 is 9.42 Å². The molecule has 0 aromatic carbocycles. The van der Waals surface area contributed by atoms with Crippen molar-refractivity contribution in [2.24, 2.45) is 0 Å². The van der Waals surface area contributed by atoms with Gasteiger partial charge in [-0.25, -0.2) is 9.97 Å². The Balaban J connectivity index is 1.47. The van der Waals surface area contributed by atoms with Crippen molar-refractivity contribution in [3.05, 3.63) is 52.4 Å². The number of amides is 2. The van der Waals surface area contributed by atoms with Gasteiger partial charge in [0.05, 0.1) is 18.4 Å². The van der Waals surface area contributed by atoms with E-state index < -0.39 is 0 Å². The highest BCUT2D eigenvalue weighted by atomic mass is 32.1. The number of carbonyl (C=O) groups excluding carboxylic acids is 2. The number of hydrogen-bond acceptors (Lipinski definition) is 8. The molecule has 0 spiro atoms. The van der Waals surface area contributed by atoms with Gasteiger partial charge in [0, 0.05) is 36.3 Å². The Kier molecular flexibility index (Phi) is 4.17. The van der Waals surface area contributed by atoms with Gasteiger partial charge >= 0.3 is 0 Å². The van der Waals surface area contributed by atoms with Gasteiger partial charge in [-0.15, -0.1) is 0 Å². The van der Waals surface area contributed by atoms with Gasteiger partial charge in [-0.2, -0.15) is 0 Å². The van der Waals surface area contributed by atoms with Crippen molar-refractivity contribution in [1.29, 1.82) is 0 Å². The maximum atomic E-state index is 12.5. The van der Waals surface area contributed by atoms with Gasteiger partial charge in [0.15, 0.2) is 10.8 Å². The number of hydrogen-bond donors (Lipinski definition) is 1. The van der Waals surface area contributed by atoms with E-state index in [9.17, 15) is 9.59 Å². The molecule has 9 nitrogen and oxygen atoms in total. The average Bonchev–Trinajstić information content (AvgIpc) is 3.26. The zero-order valence-corrected chi connectivity index (χ0v) is 14.6. The van der Waals surface area contributed by atoms with Crippen LogP contribution in [0.25, 0.3) is 0 Å². The molecule has 1 aliphatic rings. The lowest BCUT2D eigenvalue weighted by Crippen LogP contribution is -2.36. The number of nitrogens with zero attached hydrogens (tertiary/aromatic N) is 5. The van der Waals surface area contributed by atoms with Crippen molar-refractivity contribution < 1.29 is 14.1 Å². The van der Waals surface area contributed by atoms with Crippen LogP contribution in [-0.4, -0.2) is 43.4 Å². The first-order chi connectivity index (χ1) is 12.6. The Hall–Kier alpha value is -3.14. The van der Waals surface area contributed by atoms with Gasteiger partial charge in [-0.05, 0) is 6.92 Å². The van der Waals surface area contributed by atoms with Gasteiger partial charge in [0.25, 0.3) is 11.8 Å². The Morgan fingerprint density at radius 3 is 2.92 bits per heavy atom. The first kappa shape index (κ1) is 16.3. The Bertz CT molecular complexity index is 968. The third kappa shape index (κ3) is 3.18. The molecule has 0 unspecified atom stereocenters. The molecule has 3 aromatic rings. The summed E-state index contributed by atoms with van der Waals surface area (Å²) in [5.74, 6) is 0.0213. The lowest BCUT2D eigenvalue weighted by Gasteiger charge is -2.25. The topological polar surface area (TPSA) is 114 Å². The van der Waals surface area contributed by atoms with E-state index >= 15 is 0 Å². The first-order valence-corrected chi connectivity index (χ1v) is 8.70. The quantitative estimate of drug-likeness (QED) is 0.746. The van der Waals surface area contributed by atoms with Gasteiger partial charge in [0.2, 0.25) is 0 Å². The van der Waals surface area contributed by atoms with Gasteiger partial charge in [-0.1, -0.05) is 16.5 Å². The lowest BCUT2D eigenvalue weighted by atomic mass is 10.1. The standard InChI is InChI=1S/C16H14N6O3S/c1-9-6-11(21-25-9)14(23)20-16-19-10-2-5-22(8-13(10)26-16)15(24)12-7-17-3-4-18-12/h3-4,6-7H,2,5,8H2,1H3,(H,19,20,23). The fraction of sp³-hybridized carbons (Fsp3) is 0.250. The van der Waals surface area contributed by atoms with Crippen LogP contribution in [0.15, 0.2) is 29.2 Å². The molecule has 26 heavy (non-hydrogen) atoms. The minimum absolute atomic E-state index is 0.166. The molecule has 132 valence electrons. The normalized spacial score (nSPS) is 13.3. The highest BCUT2D eigenvalue weighted by molar-refractivity contribution is 7.15. The minimum atomic E-state index is -0.375. The predicted molar refractivity (Wildman–Crippen MR) is 91.8 cm³/mol. The van der Waals surface area contributed by atoms with Gasteiger partial charge in [0.1, 0.15) is 11.5 Å². The summed E-state index contributed by atoms with van der Waals surface area (Å²) in [7, 11) is 0. The van der Waals surface area contributed by atoms with Crippen LogP contribution in [0.4, 0.5) is 5.13 Å². The van der Waals surface area contributed by atoms with E-state index in [4.69, 9.17) is 4.52 Å². The monoisotopic (exact) mass is 370 g/mol. The molecule has 0 bridgehead atoms. The summed E-state index contributed by atoms with van der Waals surface area (Å²) in [4.78, 5) is 39.7. The maximum absolute atomic E-state index is 12.5. The molecule has 0 aliphatic carbocycles. The molecule has 1 aliphatic heterocycles. The van der Waals surface area contributed by atoms with Crippen LogP contribution < -0.4 is 5.32 Å². The van der Waals surface area contributed by atoms with E-state index in [1.165, 1.54) is 29.9 Å². The highest BCUT2D eigenvalue weighted by Gasteiger charge is 2.26. The second-order valence-corrected chi connectivity index (χ2v) is 6.82. The predicted octanol–water partition coefficient (Wildman–Crippen LogP) is 1.68. The largest absolute Gasteiger partial charge is 0.361 e. The van der Waals surface area contributed by atoms with Crippen LogP contribution in [0, 0.1) is 6.92 Å². The molecule has 0 fully saturated rings. The summed E-state index contributed by atoms with van der Waals surface area (Å²) in [6, 6.07) is 1.56. The molecule has 0 saturated carbocycles. The molecule has 1 N–H and O–H groups in total. The maximum Gasteiger partial charge on any atom is 0.279 e. The Morgan fingerprint density at radius 1 is 1.31 bits per heavy atom. The van der Waals surface area contributed by atoms with Crippen molar-refractivity contribution in [1.82, 2.24) is 25.0 Å². The highest BCUT2D eigenvalue weighted by Crippen LogP contribution is 2.29. The van der Waals surface area contributed by atoms with E-state index in [0.29, 0.717) is 36.1 Å². The number of aryl methyl sites for hydroxylation is 1. The summed E-state index contributed by atoms with van der Waals surface area (Å²) in [6.45, 7) is 2.69. The molecule has 0 radical (unpaired) electrons. The van der Waals surface area contributed by atoms with Crippen molar-refractivity contribution in [2.45, 2.75) is 19.9 Å². The van der Waals surface area contributed by atoms with Crippen LogP contribution in [0.2, 0.25) is 0 Å². The molecular weight excluding hydrogens is 356 g/mol. The summed E-state index contributed by atoms with van der Waals surface area (Å²) in [5.41, 5.74) is 1.41. The Labute approximate surface area is 152 Å². The summed E-state index contributed by atoms with van der Waals surface area (Å²) >= 11 is 1.35. The fourth-order valence-electron chi connectivity index (χ4n) is 2.63. The van der Waals surface area contributed by atoms with Crippen LogP contribution in [0.1, 0.15) is 37.3 Å². The van der Waals surface area contributed by atoms with Crippen LogP contribution in [0.3, 0.4) is 0 Å². The SMILES string of the molecule is Cc1cc(C(=O)Nc2nc3c(s2)CN(C(=O)c2cnccn2)CC3)no1. The third-order valence-corrected chi connectivity index (χ3v) is 4.88. The number of nitrogens with one attached hydrogen (secondary N) is 1. The number of anilines is 1. The van der Waals surface area contributed by atoms with Crippen LogP contribution >= 0.6 is 11.3 Å². The summed E-state index contributed by atoms with van der Waals surface area (Å²) in [6.07, 6.45) is 5.10. The number of aromatic nitrogens is 4. The second kappa shape index (κ2) is 6.64. The molecule has 4 heterocycles. The number of thiazole rings is 1. The average molecular weight is 370 g/mol. The molecule has 0 atom stereocenters. The number of fused-ring (bicyclic) bond motifs is 1. The van der Waals surface area contributed by atoms with Crippen molar-refractivity contribution in [3.63, 3.8) is 0 Å². The van der Waals surface area contributed by atoms with Crippen molar-refractivity contribution >= 4 is 28.3 Å². The van der Waals surface area contributed by atoms with E-state index in [2.05, 4.69) is 25.4 Å². The van der Waals surface area contributed by atoms with E-state index in [-0.39, 0.29) is 17.5 Å². The van der Waals surface area contributed by atoms with Crippen LogP contribution in [-0.2, 0) is 13.0 Å². The van der Waals surface area contributed by atoms with E-state index in [1.807, 2.05) is 0 Å². The zero-order valence-electron chi connectivity index (χ0n) is 13.8. The van der Waals surface area contributed by atoms with Crippen molar-refractivity contribution in [3.8, 4) is 0 Å². The van der Waals surface area contributed by atoms with E-state index in [1.54, 1.807) is 17.9 Å². The summed E-state index contributed by atoms with van der Waals surface area (Å²) < 4.78 is 4.90. The smallest absolute Gasteiger partial charge is 0.279 e. The molecule has 2 amide bonds. The molecule has 4 rings (SSSR count). The Morgan fingerprint density at radius 2 is 2.19 bits per heavy atom. The zero-order chi connectivity index (χ0) is 18.1. The fourth-order valence-corrected chi connectivity index (χ4v) is 3.65. The first-order valence-electron chi connectivity index (χ1n) is 7.88. The third-order valence-electron chi connectivity index (χ3n) is 3.88. The molecule has 0 saturated heterocycles. The van der Waals surface area contributed by atoms with Gasteiger partial charge in [-0.3, -0.25) is 19.9 Å². The number of carbonyl (C=O) groups is 2. The molecule has 3 aromatic heterocycles. The van der Waals surface area contributed by atoms with E-state index in [0.717, 1.165) is 10.6 Å². The van der Waals surface area contributed by atoms with Crippen molar-refractivity contribution in [2.75, 3.05) is 11.9 Å². The number of rotatable bonds is 3.